The molecule has 0 atom stereocenters. The van der Waals surface area contributed by atoms with Crippen LogP contribution in [-0.2, 0) is 26.2 Å². The molecule has 480 valence electrons. The number of thiophene rings is 2. The number of rotatable bonds is 17. The van der Waals surface area contributed by atoms with E-state index in [1.54, 1.807) is 36.1 Å². The van der Waals surface area contributed by atoms with Gasteiger partial charge >= 0.3 is 0 Å². The molecule has 4 N–H and O–H groups in total. The van der Waals surface area contributed by atoms with Crippen LogP contribution in [0.15, 0.2) is 100 Å². The lowest BCUT2D eigenvalue weighted by atomic mass is 9.53. The van der Waals surface area contributed by atoms with Crippen LogP contribution in [-0.4, -0.2) is 39.4 Å². The van der Waals surface area contributed by atoms with Gasteiger partial charge in [-0.05, 0) is 317 Å². The summed E-state index contributed by atoms with van der Waals surface area (Å²) in [7, 11) is 1.69. The van der Waals surface area contributed by atoms with E-state index in [0.29, 0.717) is 28.1 Å². The highest BCUT2D eigenvalue weighted by Gasteiger charge is 2.54. The minimum atomic E-state index is 0.392. The van der Waals surface area contributed by atoms with Crippen molar-refractivity contribution in [1.29, 1.82) is 0 Å². The summed E-state index contributed by atoms with van der Waals surface area (Å²) < 4.78 is 16.6. The Morgan fingerprint density at radius 2 is 0.900 bits per heavy atom. The number of hydrogen-bond donors (Lipinski definition) is 4. The summed E-state index contributed by atoms with van der Waals surface area (Å²) in [6.07, 6.45) is 45.1. The monoisotopic (exact) mass is 1250 g/mol. The molecule has 18 saturated carbocycles. The average molecular weight is 1250 g/mol. The van der Waals surface area contributed by atoms with Crippen molar-refractivity contribution in [2.75, 3.05) is 7.11 Å². The lowest BCUT2D eigenvalue weighted by molar-refractivity contribution is -0.0210. The van der Waals surface area contributed by atoms with Gasteiger partial charge in [-0.3, -0.25) is 0 Å². The lowest BCUT2D eigenvalue weighted by Crippen LogP contribution is -2.58. The fourth-order valence-corrected chi connectivity index (χ4v) is 25.8. The van der Waals surface area contributed by atoms with Crippen LogP contribution in [0.2, 0.25) is 0 Å². The summed E-state index contributed by atoms with van der Waals surface area (Å²) in [5.74, 6) is 17.2. The van der Waals surface area contributed by atoms with Crippen molar-refractivity contribution in [2.24, 2.45) is 71.0 Å². The molecule has 4 aromatic heterocycles. The summed E-state index contributed by atoms with van der Waals surface area (Å²) in [6, 6.07) is 30.4. The highest BCUT2D eigenvalue weighted by atomic mass is 32.1. The molecule has 9 nitrogen and oxygen atoms in total. The zero-order valence-electron chi connectivity index (χ0n) is 54.2. The largest absolute Gasteiger partial charge is 0.497 e. The van der Waals surface area contributed by atoms with Gasteiger partial charge in [0.25, 0.3) is 0 Å². The zero-order valence-corrected chi connectivity index (χ0v) is 55.9. The van der Waals surface area contributed by atoms with E-state index in [1.165, 1.54) is 194 Å². The van der Waals surface area contributed by atoms with Crippen LogP contribution in [0.25, 0.3) is 21.8 Å². The van der Waals surface area contributed by atoms with E-state index in [4.69, 9.17) is 13.7 Å². The van der Waals surface area contributed by atoms with Crippen LogP contribution in [0, 0.1) is 71.0 Å². The number of nitrogens with one attached hydrogen (secondary N) is 4. The zero-order chi connectivity index (χ0) is 59.9. The molecule has 0 amide bonds. The molecule has 16 bridgehead atoms. The van der Waals surface area contributed by atoms with Crippen molar-refractivity contribution >= 4 is 22.7 Å². The molecule has 90 heavy (non-hydrogen) atoms. The van der Waals surface area contributed by atoms with Gasteiger partial charge < -0.3 is 34.9 Å². The first-order valence-electron chi connectivity index (χ1n) is 36.8. The first kappa shape index (κ1) is 59.6. The van der Waals surface area contributed by atoms with Crippen LogP contribution in [0.5, 0.6) is 5.75 Å². The summed E-state index contributed by atoms with van der Waals surface area (Å²) in [4.78, 5) is 10.8. The Balaban J connectivity index is 0.0000000927. The molecule has 0 spiro atoms. The second-order valence-electron chi connectivity index (χ2n) is 33.5. The van der Waals surface area contributed by atoms with E-state index in [2.05, 4.69) is 103 Å². The first-order valence-corrected chi connectivity index (χ1v) is 38.5. The predicted octanol–water partition coefficient (Wildman–Crippen LogP) is 19.0. The molecule has 4 heterocycles. The minimum Gasteiger partial charge on any atom is -0.497 e. The highest BCUT2D eigenvalue weighted by molar-refractivity contribution is 7.15. The Morgan fingerprint density at radius 1 is 0.456 bits per heavy atom. The van der Waals surface area contributed by atoms with Crippen molar-refractivity contribution in [3.05, 3.63) is 123 Å². The topological polar surface area (TPSA) is 109 Å². The first-order chi connectivity index (χ1) is 44.0. The van der Waals surface area contributed by atoms with Gasteiger partial charge in [-0.25, -0.2) is 0 Å². The number of nitrogens with zero attached hydrogens (tertiary/aromatic N) is 2. The fourth-order valence-electron chi connectivity index (χ4n) is 23.8. The molecule has 24 rings (SSSR count). The molecule has 18 fully saturated rings. The van der Waals surface area contributed by atoms with Crippen LogP contribution < -0.4 is 26.0 Å². The Bertz CT molecular complexity index is 3240. The number of ether oxygens (including phenoxy) is 1. The Kier molecular flexibility index (Phi) is 16.5. The minimum absolute atomic E-state index is 0.392. The van der Waals surface area contributed by atoms with Gasteiger partial charge in [0.2, 0.25) is 5.89 Å². The number of furan rings is 1. The molecule has 0 saturated heterocycles. The van der Waals surface area contributed by atoms with E-state index in [9.17, 15) is 0 Å². The molecule has 18 aliphatic rings. The van der Waals surface area contributed by atoms with Gasteiger partial charge in [-0.2, -0.15) is 4.98 Å². The maximum atomic E-state index is 5.81. The molecule has 0 radical (unpaired) electrons. The van der Waals surface area contributed by atoms with Crippen molar-refractivity contribution in [1.82, 2.24) is 31.4 Å². The van der Waals surface area contributed by atoms with Gasteiger partial charge in [0.05, 0.1) is 19.9 Å². The molecule has 6 aromatic rings. The third kappa shape index (κ3) is 13.1. The molecule has 2 aromatic carbocycles. The van der Waals surface area contributed by atoms with Gasteiger partial charge in [-0.1, -0.05) is 48.3 Å². The number of aromatic nitrogens is 2. The fraction of sp³-hybridized carbons (Fsp3) is 0.671. The normalized spacial score (nSPS) is 37.4. The van der Waals surface area contributed by atoms with Crippen molar-refractivity contribution < 1.29 is 13.7 Å². The second kappa shape index (κ2) is 24.9. The maximum Gasteiger partial charge on any atom is 0.229 e. The third-order valence-corrected chi connectivity index (χ3v) is 28.7. The summed E-state index contributed by atoms with van der Waals surface area (Å²) >= 11 is 4.02. The number of methoxy groups -OCH3 is 1. The number of hydrogen-bond acceptors (Lipinski definition) is 11. The molecule has 11 heteroatoms. The number of benzene rings is 2. The summed E-state index contributed by atoms with van der Waals surface area (Å²) in [5, 5.41) is 20.1. The van der Waals surface area contributed by atoms with E-state index in [0.717, 1.165) is 132 Å². The Morgan fingerprint density at radius 3 is 1.37 bits per heavy atom. The molecular weight excluding hydrogens is 1150 g/mol. The van der Waals surface area contributed by atoms with Crippen LogP contribution in [0.3, 0.4) is 0 Å². The third-order valence-electron chi connectivity index (χ3n) is 26.3. The Labute approximate surface area is 546 Å². The van der Waals surface area contributed by atoms with E-state index in [1.807, 2.05) is 41.9 Å². The van der Waals surface area contributed by atoms with Crippen molar-refractivity contribution in [3.8, 4) is 27.5 Å². The van der Waals surface area contributed by atoms with Crippen LogP contribution in [0.4, 0.5) is 0 Å². The van der Waals surface area contributed by atoms with E-state index >= 15 is 0 Å². The van der Waals surface area contributed by atoms with Gasteiger partial charge in [0, 0.05) is 78.3 Å². The van der Waals surface area contributed by atoms with Gasteiger partial charge in [0.15, 0.2) is 5.82 Å². The van der Waals surface area contributed by atoms with E-state index in [-0.39, 0.29) is 0 Å². The maximum absolute atomic E-state index is 5.81. The summed E-state index contributed by atoms with van der Waals surface area (Å²) in [6.45, 7) is 3.90. The Hall–Kier alpha value is -4.10. The molecular formula is C79H104N6O3S2. The van der Waals surface area contributed by atoms with Gasteiger partial charge in [0.1, 0.15) is 11.5 Å². The van der Waals surface area contributed by atoms with E-state index < -0.39 is 0 Å². The second-order valence-corrected chi connectivity index (χ2v) is 35.9. The molecule has 0 aliphatic heterocycles. The summed E-state index contributed by atoms with van der Waals surface area (Å²) in [5.41, 5.74) is 5.50. The average Bonchev–Trinajstić information content (AvgIpc) is 1.37. The molecule has 0 unspecified atom stereocenters. The standard InChI is InChI=1S/C22H27NO2.C21H25NS.C18H27N3O.C18H25NS/c1-24-20-4-2-19(3-5-20)21-9-18(14-25-21)13-23-22-10-15-6-16(11-22)8-17(7-15)12-22;1-2-4-18(5-3-1)20-7-6-19(23-20)14-22-21-11-15-8-16(12-21)10-17(9-15)13-21;1-2-4-15(3-1)17-20-16(21-22-17)11-19-18-8-12-5-13(9-18)7-14(6-12)10-18;1-2-15(1)17-4-3-16(20-17)11-19-18-8-12-5-13(9-18)7-14(6-12)10-18/h2-5,9,14-17,23H,6-8,10-13H2,1H3;1-7,15-17,22H,8-14H2;12-15,19H,1-11H2;3-4,12-15,19H,1-2,5-11H2. The molecule has 18 aliphatic carbocycles. The quantitative estimate of drug-likeness (QED) is 0.0710. The smallest absolute Gasteiger partial charge is 0.229 e. The predicted molar refractivity (Wildman–Crippen MR) is 363 cm³/mol. The SMILES string of the molecule is C1CCC(c2nc(CNC34CC5CC(CC(C5)C3)C4)no2)C1.COc1ccc(-c2cc(CNC34CC5CC(CC(C5)C3)C4)co2)cc1.c1cc(C2CC2)sc1CNC12CC3CC(CC(C3)C1)C2.c1ccc(-c2ccc(CNC34CC5CC(CC(C5)C3)C4)s2)cc1. The van der Waals surface area contributed by atoms with Crippen LogP contribution in [0.1, 0.15) is 236 Å². The lowest BCUT2D eigenvalue weighted by Gasteiger charge is -2.57. The highest BCUT2D eigenvalue weighted by Crippen LogP contribution is 2.59. The van der Waals surface area contributed by atoms with Crippen LogP contribution >= 0.6 is 22.7 Å². The van der Waals surface area contributed by atoms with Crippen molar-refractivity contribution in [3.63, 3.8) is 0 Å². The van der Waals surface area contributed by atoms with Gasteiger partial charge in [-0.15, -0.1) is 22.7 Å². The van der Waals surface area contributed by atoms with Crippen molar-refractivity contribution in [2.45, 2.75) is 253 Å².